The van der Waals surface area contributed by atoms with Gasteiger partial charge in [-0.25, -0.2) is 5.43 Å². The fourth-order valence-corrected chi connectivity index (χ4v) is 4.39. The summed E-state index contributed by atoms with van der Waals surface area (Å²) in [5, 5.41) is 11.2. The molecule has 5 aromatic carbocycles. The van der Waals surface area contributed by atoms with E-state index < -0.39 is 11.8 Å². The summed E-state index contributed by atoms with van der Waals surface area (Å²) in [6.07, 6.45) is 4.17. The number of hydrazone groups is 1. The monoisotopic (exact) mass is 527 g/mol. The lowest BCUT2D eigenvalue weighted by Crippen LogP contribution is -2.32. The van der Waals surface area contributed by atoms with Crippen LogP contribution < -0.4 is 15.5 Å². The van der Waals surface area contributed by atoms with Crippen molar-refractivity contribution in [3.05, 3.63) is 132 Å². The van der Waals surface area contributed by atoms with Crippen LogP contribution in [0.3, 0.4) is 0 Å². The van der Waals surface area contributed by atoms with Crippen LogP contribution in [0.4, 0.5) is 0 Å². The fraction of sp³-hybridized carbons (Fsp3) is 0.0882. The van der Waals surface area contributed by atoms with Crippen molar-refractivity contribution in [1.82, 2.24) is 10.7 Å². The largest absolute Gasteiger partial charge is 0.494 e. The first kappa shape index (κ1) is 26.4. The molecule has 6 heteroatoms. The zero-order valence-electron chi connectivity index (χ0n) is 22.1. The summed E-state index contributed by atoms with van der Waals surface area (Å²) in [7, 11) is 0. The van der Waals surface area contributed by atoms with E-state index in [1.54, 1.807) is 36.6 Å². The molecule has 0 unspecified atom stereocenters. The predicted molar refractivity (Wildman–Crippen MR) is 161 cm³/mol. The molecule has 0 aliphatic rings. The number of nitrogens with zero attached hydrogens (tertiary/aromatic N) is 1. The van der Waals surface area contributed by atoms with Crippen LogP contribution in [0.2, 0.25) is 0 Å². The maximum atomic E-state index is 13.3. The number of hydrogen-bond acceptors (Lipinski definition) is 4. The van der Waals surface area contributed by atoms with Gasteiger partial charge in [0.1, 0.15) is 11.4 Å². The highest BCUT2D eigenvalue weighted by molar-refractivity contribution is 6.13. The minimum atomic E-state index is -0.545. The molecule has 0 saturated heterocycles. The number of benzene rings is 5. The number of ether oxygens (including phenoxy) is 1. The van der Waals surface area contributed by atoms with Crippen molar-refractivity contribution in [2.75, 3.05) is 6.61 Å². The summed E-state index contributed by atoms with van der Waals surface area (Å²) < 4.78 is 5.65. The zero-order chi connectivity index (χ0) is 27.7. The highest BCUT2D eigenvalue weighted by Crippen LogP contribution is 2.27. The third-order valence-electron chi connectivity index (χ3n) is 6.37. The third-order valence-corrected chi connectivity index (χ3v) is 6.37. The first-order valence-electron chi connectivity index (χ1n) is 13.2. The molecule has 6 nitrogen and oxygen atoms in total. The number of fused-ring (bicyclic) bond motifs is 2. The zero-order valence-corrected chi connectivity index (χ0v) is 22.1. The van der Waals surface area contributed by atoms with Gasteiger partial charge in [0.25, 0.3) is 11.8 Å². The Labute approximate surface area is 233 Å². The summed E-state index contributed by atoms with van der Waals surface area (Å²) >= 11 is 0. The second-order valence-electron chi connectivity index (χ2n) is 9.23. The summed E-state index contributed by atoms with van der Waals surface area (Å²) in [5.41, 5.74) is 4.73. The van der Waals surface area contributed by atoms with E-state index in [1.807, 2.05) is 73.7 Å². The van der Waals surface area contributed by atoms with Gasteiger partial charge in [0.05, 0.1) is 12.8 Å². The van der Waals surface area contributed by atoms with Gasteiger partial charge in [-0.05, 0) is 69.9 Å². The molecule has 5 aromatic rings. The molecule has 0 aromatic heterocycles. The number of amides is 2. The van der Waals surface area contributed by atoms with Gasteiger partial charge >= 0.3 is 0 Å². The van der Waals surface area contributed by atoms with Crippen LogP contribution in [0.1, 0.15) is 34.8 Å². The number of nitrogens with one attached hydrogen (secondary N) is 2. The van der Waals surface area contributed by atoms with Gasteiger partial charge < -0.3 is 10.1 Å². The molecule has 2 N–H and O–H groups in total. The average molecular weight is 528 g/mol. The molecule has 0 saturated carbocycles. The van der Waals surface area contributed by atoms with Crippen molar-refractivity contribution in [3.63, 3.8) is 0 Å². The van der Waals surface area contributed by atoms with Crippen LogP contribution in [0, 0.1) is 0 Å². The Morgan fingerprint density at radius 1 is 0.800 bits per heavy atom. The van der Waals surface area contributed by atoms with Crippen molar-refractivity contribution in [2.24, 2.45) is 5.10 Å². The molecular formula is C34H29N3O3. The minimum Gasteiger partial charge on any atom is -0.494 e. The van der Waals surface area contributed by atoms with Crippen LogP contribution in [0.15, 0.2) is 120 Å². The van der Waals surface area contributed by atoms with Gasteiger partial charge in [-0.3, -0.25) is 9.59 Å². The summed E-state index contributed by atoms with van der Waals surface area (Å²) in [6, 6.07) is 34.3. The lowest BCUT2D eigenvalue weighted by atomic mass is 9.97. The second-order valence-corrected chi connectivity index (χ2v) is 9.23. The van der Waals surface area contributed by atoms with Crippen LogP contribution >= 0.6 is 0 Å². The molecule has 0 radical (unpaired) electrons. The van der Waals surface area contributed by atoms with Crippen molar-refractivity contribution in [2.45, 2.75) is 13.3 Å². The predicted octanol–water partition coefficient (Wildman–Crippen LogP) is 6.70. The SMILES string of the molecule is CCCOc1ccc(C=C(NC(=O)c2ccccc2)C(=O)NN=Cc2c3ccccc3cc3ccccc23)cc1. The lowest BCUT2D eigenvalue weighted by molar-refractivity contribution is -0.117. The Morgan fingerprint density at radius 2 is 1.43 bits per heavy atom. The fourth-order valence-electron chi connectivity index (χ4n) is 4.39. The van der Waals surface area contributed by atoms with Crippen LogP contribution in [-0.4, -0.2) is 24.6 Å². The normalized spacial score (nSPS) is 11.6. The van der Waals surface area contributed by atoms with E-state index in [0.29, 0.717) is 12.2 Å². The Kier molecular flexibility index (Phi) is 8.27. The number of carbonyl (C=O) groups excluding carboxylic acids is 2. The molecule has 0 atom stereocenters. The maximum absolute atomic E-state index is 13.3. The third kappa shape index (κ3) is 6.25. The van der Waals surface area contributed by atoms with Crippen molar-refractivity contribution in [1.29, 1.82) is 0 Å². The van der Waals surface area contributed by atoms with E-state index in [4.69, 9.17) is 4.74 Å². The molecule has 5 rings (SSSR count). The molecule has 0 aliphatic carbocycles. The quantitative estimate of drug-likeness (QED) is 0.0969. The highest BCUT2D eigenvalue weighted by atomic mass is 16.5. The molecule has 0 spiro atoms. The Bertz CT molecular complexity index is 1650. The van der Waals surface area contributed by atoms with Crippen LogP contribution in [0.25, 0.3) is 27.6 Å². The first-order chi connectivity index (χ1) is 19.6. The second kappa shape index (κ2) is 12.5. The summed E-state index contributed by atoms with van der Waals surface area (Å²) in [6.45, 7) is 2.67. The van der Waals surface area contributed by atoms with Gasteiger partial charge in [0.2, 0.25) is 0 Å². The van der Waals surface area contributed by atoms with Crippen molar-refractivity contribution >= 4 is 45.6 Å². The Morgan fingerprint density at radius 3 is 2.08 bits per heavy atom. The molecule has 0 aliphatic heterocycles. The van der Waals surface area contributed by atoms with E-state index in [9.17, 15) is 9.59 Å². The van der Waals surface area contributed by atoms with Gasteiger partial charge in [0, 0.05) is 11.1 Å². The Balaban J connectivity index is 1.43. The highest BCUT2D eigenvalue weighted by Gasteiger charge is 2.15. The van der Waals surface area contributed by atoms with E-state index in [0.717, 1.165) is 44.8 Å². The van der Waals surface area contributed by atoms with Gasteiger partial charge in [0.15, 0.2) is 0 Å². The van der Waals surface area contributed by atoms with Gasteiger partial charge in [-0.2, -0.15) is 5.10 Å². The van der Waals surface area contributed by atoms with Crippen molar-refractivity contribution in [3.8, 4) is 5.75 Å². The average Bonchev–Trinajstić information content (AvgIpc) is 3.00. The standard InChI is InChI=1S/C34H29N3O3/c1-2-20-40-28-18-16-24(17-19-28)21-32(36-33(38)25-10-4-3-5-11-25)34(39)37-35-23-31-29-14-8-6-12-26(29)22-27-13-7-9-15-30(27)31/h3-19,21-23H,2,20H2,1H3,(H,36,38)(H,37,39). The number of carbonyl (C=O) groups is 2. The lowest BCUT2D eigenvalue weighted by Gasteiger charge is -2.10. The number of rotatable bonds is 9. The minimum absolute atomic E-state index is 0.0657. The molecule has 0 fully saturated rings. The molecule has 198 valence electrons. The molecule has 0 heterocycles. The van der Waals surface area contributed by atoms with E-state index in [2.05, 4.69) is 34.0 Å². The summed E-state index contributed by atoms with van der Waals surface area (Å²) in [4.78, 5) is 26.2. The van der Waals surface area contributed by atoms with Gasteiger partial charge in [-0.1, -0.05) is 85.8 Å². The maximum Gasteiger partial charge on any atom is 0.287 e. The van der Waals surface area contributed by atoms with Crippen LogP contribution in [-0.2, 0) is 4.79 Å². The molecule has 40 heavy (non-hydrogen) atoms. The summed E-state index contributed by atoms with van der Waals surface area (Å²) in [5.74, 6) is -0.199. The van der Waals surface area contributed by atoms with Crippen molar-refractivity contribution < 1.29 is 14.3 Å². The molecular weight excluding hydrogens is 498 g/mol. The van der Waals surface area contributed by atoms with E-state index >= 15 is 0 Å². The topological polar surface area (TPSA) is 79.8 Å². The number of hydrogen-bond donors (Lipinski definition) is 2. The molecule has 0 bridgehead atoms. The van der Waals surface area contributed by atoms with Gasteiger partial charge in [-0.15, -0.1) is 0 Å². The van der Waals surface area contributed by atoms with Crippen LogP contribution in [0.5, 0.6) is 5.75 Å². The Hall–Kier alpha value is -5.23. The molecule has 2 amide bonds. The first-order valence-corrected chi connectivity index (χ1v) is 13.2. The van der Waals surface area contributed by atoms with E-state index in [1.165, 1.54) is 0 Å². The smallest absolute Gasteiger partial charge is 0.287 e. The van der Waals surface area contributed by atoms with E-state index in [-0.39, 0.29) is 5.70 Å².